The third-order valence-corrected chi connectivity index (χ3v) is 3.24. The Morgan fingerprint density at radius 1 is 1.67 bits per heavy atom. The Labute approximate surface area is 110 Å². The minimum atomic E-state index is -1.05. The fraction of sp³-hybridized carbons (Fsp3) is 0.500. The first-order valence-corrected chi connectivity index (χ1v) is 6.25. The van der Waals surface area contributed by atoms with Crippen molar-refractivity contribution in [3.63, 3.8) is 0 Å². The van der Waals surface area contributed by atoms with E-state index in [1.807, 2.05) is 6.92 Å². The number of hydrogen-bond donors (Lipinski definition) is 2. The van der Waals surface area contributed by atoms with Crippen molar-refractivity contribution >= 4 is 23.4 Å². The van der Waals surface area contributed by atoms with E-state index in [9.17, 15) is 4.79 Å². The maximum Gasteiger partial charge on any atom is 0.337 e. The predicted molar refractivity (Wildman–Crippen MR) is 68.3 cm³/mol. The highest BCUT2D eigenvalue weighted by Gasteiger charge is 2.29. The molecule has 1 aromatic rings. The highest BCUT2D eigenvalue weighted by Crippen LogP contribution is 2.27. The number of hydrogen-bond acceptors (Lipinski definition) is 4. The minimum Gasteiger partial charge on any atom is -0.478 e. The van der Waals surface area contributed by atoms with Crippen LogP contribution >= 0.6 is 11.6 Å². The van der Waals surface area contributed by atoms with Crippen LogP contribution in [0.4, 0.5) is 5.82 Å². The molecule has 0 spiro atoms. The molecule has 0 amide bonds. The third kappa shape index (κ3) is 2.91. The summed E-state index contributed by atoms with van der Waals surface area (Å²) in [5.74, 6) is -0.511. The second-order valence-corrected chi connectivity index (χ2v) is 4.65. The standard InChI is InChI=1S/C12H15ClN2O3/c1-2-18-8-3-7(4-8)15-11-5-9(12(16)17)10(13)6-14-11/h5-8H,2-4H2,1H3,(H,14,15)(H,16,17). The van der Waals surface area contributed by atoms with Gasteiger partial charge < -0.3 is 15.2 Å². The summed E-state index contributed by atoms with van der Waals surface area (Å²) in [5, 5.41) is 12.3. The molecule has 0 aromatic carbocycles. The van der Waals surface area contributed by atoms with Crippen molar-refractivity contribution in [2.75, 3.05) is 11.9 Å². The van der Waals surface area contributed by atoms with Crippen LogP contribution < -0.4 is 5.32 Å². The van der Waals surface area contributed by atoms with Crippen molar-refractivity contribution in [3.05, 3.63) is 22.8 Å². The number of pyridine rings is 1. The molecule has 0 atom stereocenters. The molecule has 0 aliphatic heterocycles. The molecule has 1 heterocycles. The number of halogens is 1. The van der Waals surface area contributed by atoms with E-state index in [1.54, 1.807) is 0 Å². The average Bonchev–Trinajstić information content (AvgIpc) is 2.28. The zero-order chi connectivity index (χ0) is 13.1. The van der Waals surface area contributed by atoms with Gasteiger partial charge in [-0.05, 0) is 25.8 Å². The van der Waals surface area contributed by atoms with Crippen LogP contribution in [0.15, 0.2) is 12.3 Å². The van der Waals surface area contributed by atoms with E-state index in [0.29, 0.717) is 11.9 Å². The van der Waals surface area contributed by atoms with Crippen LogP contribution in [0, 0.1) is 0 Å². The molecule has 0 saturated heterocycles. The van der Waals surface area contributed by atoms with Crippen molar-refractivity contribution in [2.45, 2.75) is 31.9 Å². The van der Waals surface area contributed by atoms with Crippen molar-refractivity contribution in [1.29, 1.82) is 0 Å². The van der Waals surface area contributed by atoms with Gasteiger partial charge in [0.25, 0.3) is 0 Å². The van der Waals surface area contributed by atoms with E-state index in [1.165, 1.54) is 12.3 Å². The molecule has 18 heavy (non-hydrogen) atoms. The summed E-state index contributed by atoms with van der Waals surface area (Å²) in [5.41, 5.74) is 0.0647. The number of carbonyl (C=O) groups is 1. The minimum absolute atomic E-state index is 0.0647. The number of rotatable bonds is 5. The largest absolute Gasteiger partial charge is 0.478 e. The predicted octanol–water partition coefficient (Wildman–Crippen LogP) is 2.41. The van der Waals surface area contributed by atoms with E-state index in [0.717, 1.165) is 19.4 Å². The van der Waals surface area contributed by atoms with Crippen LogP contribution in [-0.4, -0.2) is 34.8 Å². The molecule has 0 unspecified atom stereocenters. The lowest BCUT2D eigenvalue weighted by Gasteiger charge is -2.35. The zero-order valence-corrected chi connectivity index (χ0v) is 10.8. The fourth-order valence-corrected chi connectivity index (χ4v) is 2.13. The quantitative estimate of drug-likeness (QED) is 0.860. The van der Waals surface area contributed by atoms with Gasteiger partial charge in [-0.15, -0.1) is 0 Å². The molecule has 0 radical (unpaired) electrons. The maximum atomic E-state index is 10.9. The van der Waals surface area contributed by atoms with Gasteiger partial charge in [0.2, 0.25) is 0 Å². The molecule has 1 aliphatic carbocycles. The molecule has 6 heteroatoms. The fourth-order valence-electron chi connectivity index (χ4n) is 1.95. The summed E-state index contributed by atoms with van der Waals surface area (Å²) in [6, 6.07) is 1.75. The van der Waals surface area contributed by atoms with E-state index in [4.69, 9.17) is 21.4 Å². The van der Waals surface area contributed by atoms with Gasteiger partial charge in [-0.2, -0.15) is 0 Å². The summed E-state index contributed by atoms with van der Waals surface area (Å²) in [6.07, 6.45) is 3.49. The summed E-state index contributed by atoms with van der Waals surface area (Å²) in [4.78, 5) is 15.0. The first kappa shape index (κ1) is 13.1. The van der Waals surface area contributed by atoms with Gasteiger partial charge in [-0.25, -0.2) is 9.78 Å². The number of carboxylic acids is 1. The van der Waals surface area contributed by atoms with Gasteiger partial charge in [0.1, 0.15) is 5.82 Å². The van der Waals surface area contributed by atoms with Gasteiger partial charge in [0.15, 0.2) is 0 Å². The normalized spacial score (nSPS) is 22.3. The van der Waals surface area contributed by atoms with Gasteiger partial charge in [-0.1, -0.05) is 11.6 Å². The van der Waals surface area contributed by atoms with Gasteiger partial charge in [0.05, 0.1) is 16.7 Å². The van der Waals surface area contributed by atoms with Crippen LogP contribution in [0.5, 0.6) is 0 Å². The van der Waals surface area contributed by atoms with Crippen LogP contribution in [0.1, 0.15) is 30.1 Å². The van der Waals surface area contributed by atoms with Gasteiger partial charge >= 0.3 is 5.97 Å². The lowest BCUT2D eigenvalue weighted by Crippen LogP contribution is -2.41. The highest BCUT2D eigenvalue weighted by molar-refractivity contribution is 6.33. The smallest absolute Gasteiger partial charge is 0.337 e. The zero-order valence-electron chi connectivity index (χ0n) is 10.0. The van der Waals surface area contributed by atoms with E-state index in [2.05, 4.69) is 10.3 Å². The van der Waals surface area contributed by atoms with E-state index >= 15 is 0 Å². The number of carboxylic acid groups (broad SMARTS) is 1. The summed E-state index contributed by atoms with van der Waals surface area (Å²) < 4.78 is 5.45. The number of nitrogens with one attached hydrogen (secondary N) is 1. The molecule has 1 fully saturated rings. The number of aromatic carboxylic acids is 1. The van der Waals surface area contributed by atoms with Gasteiger partial charge in [0, 0.05) is 18.8 Å². The topological polar surface area (TPSA) is 71.5 Å². The van der Waals surface area contributed by atoms with Crippen LogP contribution in [-0.2, 0) is 4.74 Å². The molecule has 5 nitrogen and oxygen atoms in total. The number of anilines is 1. The Morgan fingerprint density at radius 3 is 3.00 bits per heavy atom. The number of ether oxygens (including phenoxy) is 1. The summed E-state index contributed by atoms with van der Waals surface area (Å²) in [6.45, 7) is 2.69. The SMILES string of the molecule is CCOC1CC(Nc2cc(C(=O)O)c(Cl)cn2)C1. The monoisotopic (exact) mass is 270 g/mol. The molecule has 1 aromatic heterocycles. The Balaban J connectivity index is 1.95. The molecule has 0 bridgehead atoms. The Kier molecular flexibility index (Phi) is 4.04. The second-order valence-electron chi connectivity index (χ2n) is 4.24. The van der Waals surface area contributed by atoms with Crippen molar-refractivity contribution in [3.8, 4) is 0 Å². The summed E-state index contributed by atoms with van der Waals surface area (Å²) >= 11 is 5.75. The van der Waals surface area contributed by atoms with E-state index in [-0.39, 0.29) is 16.6 Å². The molecular formula is C12H15ClN2O3. The maximum absolute atomic E-state index is 10.9. The highest BCUT2D eigenvalue weighted by atomic mass is 35.5. The van der Waals surface area contributed by atoms with Crippen LogP contribution in [0.2, 0.25) is 5.02 Å². The second kappa shape index (κ2) is 5.54. The number of aromatic nitrogens is 1. The lowest BCUT2D eigenvalue weighted by molar-refractivity contribution is 0.00291. The first-order valence-electron chi connectivity index (χ1n) is 5.87. The molecule has 1 aliphatic rings. The van der Waals surface area contributed by atoms with Crippen molar-refractivity contribution in [1.82, 2.24) is 4.98 Å². The molecular weight excluding hydrogens is 256 g/mol. The molecule has 2 rings (SSSR count). The average molecular weight is 271 g/mol. The van der Waals surface area contributed by atoms with Crippen LogP contribution in [0.3, 0.4) is 0 Å². The van der Waals surface area contributed by atoms with E-state index < -0.39 is 5.97 Å². The Hall–Kier alpha value is -1.33. The Morgan fingerprint density at radius 2 is 2.39 bits per heavy atom. The third-order valence-electron chi connectivity index (χ3n) is 2.93. The Bertz CT molecular complexity index is 447. The van der Waals surface area contributed by atoms with Crippen molar-refractivity contribution in [2.24, 2.45) is 0 Å². The van der Waals surface area contributed by atoms with Gasteiger partial charge in [-0.3, -0.25) is 0 Å². The number of nitrogens with zero attached hydrogens (tertiary/aromatic N) is 1. The summed E-state index contributed by atoms with van der Waals surface area (Å²) in [7, 11) is 0. The lowest BCUT2D eigenvalue weighted by atomic mass is 9.89. The molecule has 1 saturated carbocycles. The molecule has 98 valence electrons. The molecule has 2 N–H and O–H groups in total. The first-order chi connectivity index (χ1) is 8.60. The van der Waals surface area contributed by atoms with Crippen LogP contribution in [0.25, 0.3) is 0 Å². The van der Waals surface area contributed by atoms with Crippen molar-refractivity contribution < 1.29 is 14.6 Å².